The van der Waals surface area contributed by atoms with Gasteiger partial charge < -0.3 is 16.0 Å². The molecule has 0 aromatic carbocycles. The van der Waals surface area contributed by atoms with Gasteiger partial charge in [-0.3, -0.25) is 9.59 Å². The van der Waals surface area contributed by atoms with E-state index in [1.54, 1.807) is 7.05 Å². The summed E-state index contributed by atoms with van der Waals surface area (Å²) < 4.78 is 0. The van der Waals surface area contributed by atoms with E-state index in [0.29, 0.717) is 12.5 Å². The van der Waals surface area contributed by atoms with E-state index in [1.807, 2.05) is 20.8 Å². The van der Waals surface area contributed by atoms with E-state index in [-0.39, 0.29) is 24.4 Å². The molecule has 0 spiro atoms. The summed E-state index contributed by atoms with van der Waals surface area (Å²) in [7, 11) is 1.67. The molecule has 3 N–H and O–H groups in total. The summed E-state index contributed by atoms with van der Waals surface area (Å²) in [5.41, 5.74) is 5.53. The number of carbonyl (C=O) groups excluding carboxylic acids is 2. The van der Waals surface area contributed by atoms with E-state index >= 15 is 0 Å². The number of nitrogens with two attached hydrogens (primary N) is 1. The van der Waals surface area contributed by atoms with E-state index in [4.69, 9.17) is 5.73 Å². The predicted octanol–water partition coefficient (Wildman–Crippen LogP) is 0.735. The number of amides is 2. The number of likely N-dealkylation sites (N-methyl/N-ethyl adjacent to an activating group) is 1. The first-order valence-electron chi connectivity index (χ1n) is 7.05. The van der Waals surface area contributed by atoms with Crippen LogP contribution in [-0.4, -0.2) is 42.9 Å². The second-order valence-corrected chi connectivity index (χ2v) is 6.28. The average Bonchev–Trinajstić information content (AvgIpc) is 2.67. The molecule has 1 fully saturated rings. The minimum Gasteiger partial charge on any atom is -0.354 e. The third kappa shape index (κ3) is 3.93. The highest BCUT2D eigenvalue weighted by Crippen LogP contribution is 2.38. The Balaban J connectivity index is 2.51. The zero-order valence-electron chi connectivity index (χ0n) is 12.5. The van der Waals surface area contributed by atoms with Crippen LogP contribution in [0.1, 0.15) is 40.0 Å². The lowest BCUT2D eigenvalue weighted by atomic mass is 9.83. The fourth-order valence-electron chi connectivity index (χ4n) is 2.56. The molecular formula is C14H27N3O2. The summed E-state index contributed by atoms with van der Waals surface area (Å²) in [5, 5.41) is 2.82. The van der Waals surface area contributed by atoms with Crippen molar-refractivity contribution in [1.82, 2.24) is 10.2 Å². The standard InChI is InChI=1S/C14H27N3O2/c1-10(2)8-16-12(18)9-17(4)13(19)14(3)7-5-6-11(14)15/h10-11H,5-9,15H2,1-4H3,(H,16,18). The molecule has 5 heteroatoms. The molecule has 2 atom stereocenters. The molecule has 1 saturated carbocycles. The van der Waals surface area contributed by atoms with Crippen LogP contribution in [0.3, 0.4) is 0 Å². The molecule has 0 aliphatic heterocycles. The monoisotopic (exact) mass is 269 g/mol. The SMILES string of the molecule is CC(C)CNC(=O)CN(C)C(=O)C1(C)CCCC1N. The van der Waals surface area contributed by atoms with Crippen molar-refractivity contribution in [2.24, 2.45) is 17.1 Å². The molecule has 0 aromatic rings. The zero-order chi connectivity index (χ0) is 14.6. The summed E-state index contributed by atoms with van der Waals surface area (Å²) in [4.78, 5) is 25.6. The van der Waals surface area contributed by atoms with Crippen molar-refractivity contribution in [2.45, 2.75) is 46.1 Å². The first kappa shape index (κ1) is 16.0. The number of carbonyl (C=O) groups is 2. The second-order valence-electron chi connectivity index (χ2n) is 6.28. The van der Waals surface area contributed by atoms with Gasteiger partial charge in [-0.05, 0) is 25.7 Å². The number of rotatable bonds is 5. The van der Waals surface area contributed by atoms with Crippen molar-refractivity contribution in [2.75, 3.05) is 20.1 Å². The summed E-state index contributed by atoms with van der Waals surface area (Å²) >= 11 is 0. The minimum absolute atomic E-state index is 0.0165. The number of nitrogens with one attached hydrogen (secondary N) is 1. The molecule has 2 unspecified atom stereocenters. The van der Waals surface area contributed by atoms with Gasteiger partial charge in [-0.25, -0.2) is 0 Å². The maximum absolute atomic E-state index is 12.4. The maximum Gasteiger partial charge on any atom is 0.239 e. The van der Waals surface area contributed by atoms with Crippen LogP contribution >= 0.6 is 0 Å². The second kappa shape index (κ2) is 6.37. The Morgan fingerprint density at radius 2 is 2.11 bits per heavy atom. The van der Waals surface area contributed by atoms with Gasteiger partial charge in [0.25, 0.3) is 0 Å². The number of hydrogen-bond donors (Lipinski definition) is 2. The summed E-state index contributed by atoms with van der Waals surface area (Å²) in [6, 6.07) is -0.0961. The highest BCUT2D eigenvalue weighted by atomic mass is 16.2. The molecule has 2 amide bonds. The fraction of sp³-hybridized carbons (Fsp3) is 0.857. The van der Waals surface area contributed by atoms with Gasteiger partial charge in [0, 0.05) is 19.6 Å². The third-order valence-corrected chi connectivity index (χ3v) is 3.95. The Morgan fingerprint density at radius 1 is 1.47 bits per heavy atom. The smallest absolute Gasteiger partial charge is 0.239 e. The van der Waals surface area contributed by atoms with Crippen LogP contribution in [0.15, 0.2) is 0 Å². The predicted molar refractivity (Wildman–Crippen MR) is 75.4 cm³/mol. The molecule has 0 radical (unpaired) electrons. The lowest BCUT2D eigenvalue weighted by Gasteiger charge is -2.32. The van der Waals surface area contributed by atoms with Crippen LogP contribution in [0, 0.1) is 11.3 Å². The lowest BCUT2D eigenvalue weighted by molar-refractivity contribution is -0.143. The van der Waals surface area contributed by atoms with Crippen LogP contribution in [0.5, 0.6) is 0 Å². The molecule has 1 aliphatic rings. The van der Waals surface area contributed by atoms with Crippen LogP contribution in [0.25, 0.3) is 0 Å². The Bertz CT molecular complexity index is 344. The van der Waals surface area contributed by atoms with E-state index < -0.39 is 5.41 Å². The molecule has 110 valence electrons. The largest absolute Gasteiger partial charge is 0.354 e. The zero-order valence-corrected chi connectivity index (χ0v) is 12.5. The Labute approximate surface area is 115 Å². The number of nitrogens with zero attached hydrogens (tertiary/aromatic N) is 1. The van der Waals surface area contributed by atoms with Gasteiger partial charge in [-0.15, -0.1) is 0 Å². The van der Waals surface area contributed by atoms with Crippen molar-refractivity contribution < 1.29 is 9.59 Å². The molecule has 1 rings (SSSR count). The first-order chi connectivity index (χ1) is 8.77. The van der Waals surface area contributed by atoms with Gasteiger partial charge in [0.15, 0.2) is 0 Å². The number of hydrogen-bond acceptors (Lipinski definition) is 3. The minimum atomic E-state index is -0.507. The Kier molecular flexibility index (Phi) is 5.35. The normalized spacial score (nSPS) is 26.5. The van der Waals surface area contributed by atoms with E-state index in [1.165, 1.54) is 4.90 Å². The topological polar surface area (TPSA) is 75.4 Å². The van der Waals surface area contributed by atoms with Crippen molar-refractivity contribution in [1.29, 1.82) is 0 Å². The fourth-order valence-corrected chi connectivity index (χ4v) is 2.56. The van der Waals surface area contributed by atoms with E-state index in [2.05, 4.69) is 5.32 Å². The molecule has 1 aliphatic carbocycles. The molecule has 0 heterocycles. The highest BCUT2D eigenvalue weighted by molar-refractivity contribution is 5.88. The van der Waals surface area contributed by atoms with Crippen LogP contribution in [0.4, 0.5) is 0 Å². The molecule has 0 aromatic heterocycles. The van der Waals surface area contributed by atoms with Gasteiger partial charge in [0.1, 0.15) is 0 Å². The van der Waals surface area contributed by atoms with Crippen molar-refractivity contribution >= 4 is 11.8 Å². The molecule has 19 heavy (non-hydrogen) atoms. The van der Waals surface area contributed by atoms with E-state index in [0.717, 1.165) is 19.3 Å². The summed E-state index contributed by atoms with van der Waals surface area (Å²) in [5.74, 6) is 0.280. The summed E-state index contributed by atoms with van der Waals surface area (Å²) in [6.45, 7) is 6.72. The van der Waals surface area contributed by atoms with Gasteiger partial charge in [-0.2, -0.15) is 0 Å². The Hall–Kier alpha value is -1.10. The molecule has 0 saturated heterocycles. The van der Waals surface area contributed by atoms with Crippen LogP contribution in [-0.2, 0) is 9.59 Å². The van der Waals surface area contributed by atoms with Gasteiger partial charge in [0.2, 0.25) is 11.8 Å². The van der Waals surface area contributed by atoms with Crippen molar-refractivity contribution in [3.05, 3.63) is 0 Å². The molecular weight excluding hydrogens is 242 g/mol. The van der Waals surface area contributed by atoms with Gasteiger partial charge in [0.05, 0.1) is 12.0 Å². The third-order valence-electron chi connectivity index (χ3n) is 3.95. The van der Waals surface area contributed by atoms with Crippen LogP contribution < -0.4 is 11.1 Å². The van der Waals surface area contributed by atoms with Crippen LogP contribution in [0.2, 0.25) is 0 Å². The maximum atomic E-state index is 12.4. The summed E-state index contributed by atoms with van der Waals surface area (Å²) in [6.07, 6.45) is 2.68. The Morgan fingerprint density at radius 3 is 2.58 bits per heavy atom. The highest BCUT2D eigenvalue weighted by Gasteiger charge is 2.44. The average molecular weight is 269 g/mol. The quantitative estimate of drug-likeness (QED) is 0.773. The van der Waals surface area contributed by atoms with Gasteiger partial charge >= 0.3 is 0 Å². The van der Waals surface area contributed by atoms with Crippen molar-refractivity contribution in [3.8, 4) is 0 Å². The first-order valence-corrected chi connectivity index (χ1v) is 7.05. The molecule has 5 nitrogen and oxygen atoms in total. The van der Waals surface area contributed by atoms with Gasteiger partial charge in [-0.1, -0.05) is 20.3 Å². The lowest BCUT2D eigenvalue weighted by Crippen LogP contribution is -2.50. The van der Waals surface area contributed by atoms with E-state index in [9.17, 15) is 9.59 Å². The molecule has 0 bridgehead atoms. The van der Waals surface area contributed by atoms with Crippen molar-refractivity contribution in [3.63, 3.8) is 0 Å².